The lowest BCUT2D eigenvalue weighted by atomic mass is 10.4. The molecule has 0 radical (unpaired) electrons. The van der Waals surface area contributed by atoms with Crippen molar-refractivity contribution in [3.63, 3.8) is 0 Å². The predicted octanol–water partition coefficient (Wildman–Crippen LogP) is 1.54. The molecule has 7 heteroatoms. The zero-order valence-electron chi connectivity index (χ0n) is 11.8. The standard InChI is InChI=1S/C15H15N3O3S/c19-14(11-21-15(20)13-10-16-6-7-17-13)18-8-9-22-12-4-2-1-3-5-12/h1-7,10H,8-9,11H2,(H,18,19). The van der Waals surface area contributed by atoms with Crippen LogP contribution in [0, 0.1) is 0 Å². The van der Waals surface area contributed by atoms with Crippen LogP contribution in [-0.4, -0.2) is 40.7 Å². The maximum absolute atomic E-state index is 11.6. The molecule has 0 spiro atoms. The highest BCUT2D eigenvalue weighted by atomic mass is 32.2. The van der Waals surface area contributed by atoms with Crippen molar-refractivity contribution in [2.24, 2.45) is 0 Å². The monoisotopic (exact) mass is 317 g/mol. The Morgan fingerprint density at radius 3 is 2.73 bits per heavy atom. The van der Waals surface area contributed by atoms with E-state index in [1.165, 1.54) is 18.6 Å². The number of nitrogens with zero attached hydrogens (tertiary/aromatic N) is 2. The minimum absolute atomic E-state index is 0.0786. The highest BCUT2D eigenvalue weighted by Crippen LogP contribution is 2.15. The average molecular weight is 317 g/mol. The van der Waals surface area contributed by atoms with Crippen molar-refractivity contribution < 1.29 is 14.3 Å². The summed E-state index contributed by atoms with van der Waals surface area (Å²) in [5.41, 5.74) is 0.0786. The Bertz CT molecular complexity index is 608. The Labute approximate surface area is 132 Å². The molecular formula is C15H15N3O3S. The van der Waals surface area contributed by atoms with E-state index in [0.717, 1.165) is 10.6 Å². The Kier molecular flexibility index (Phi) is 6.38. The van der Waals surface area contributed by atoms with Crippen molar-refractivity contribution in [1.82, 2.24) is 15.3 Å². The van der Waals surface area contributed by atoms with Gasteiger partial charge in [0, 0.05) is 29.6 Å². The van der Waals surface area contributed by atoms with Crippen LogP contribution in [0.3, 0.4) is 0 Å². The second-order valence-electron chi connectivity index (χ2n) is 4.18. The number of ether oxygens (including phenoxy) is 1. The zero-order chi connectivity index (χ0) is 15.6. The van der Waals surface area contributed by atoms with Crippen molar-refractivity contribution in [3.05, 3.63) is 54.6 Å². The summed E-state index contributed by atoms with van der Waals surface area (Å²) in [5.74, 6) is -0.263. The number of carbonyl (C=O) groups excluding carboxylic acids is 2. The van der Waals surface area contributed by atoms with Crippen LogP contribution in [0.25, 0.3) is 0 Å². The summed E-state index contributed by atoms with van der Waals surface area (Å²) >= 11 is 1.64. The summed E-state index contributed by atoms with van der Waals surface area (Å²) < 4.78 is 4.84. The van der Waals surface area contributed by atoms with Gasteiger partial charge in [0.2, 0.25) is 0 Å². The van der Waals surface area contributed by atoms with Crippen LogP contribution < -0.4 is 5.32 Å². The summed E-state index contributed by atoms with van der Waals surface area (Å²) in [5, 5.41) is 2.69. The van der Waals surface area contributed by atoms with Crippen LogP contribution in [0.2, 0.25) is 0 Å². The van der Waals surface area contributed by atoms with Crippen LogP contribution in [-0.2, 0) is 9.53 Å². The van der Waals surface area contributed by atoms with E-state index < -0.39 is 5.97 Å². The van der Waals surface area contributed by atoms with Gasteiger partial charge in [-0.25, -0.2) is 9.78 Å². The van der Waals surface area contributed by atoms with Gasteiger partial charge in [0.05, 0.1) is 6.20 Å². The van der Waals surface area contributed by atoms with Crippen LogP contribution in [0.5, 0.6) is 0 Å². The van der Waals surface area contributed by atoms with Gasteiger partial charge in [0.15, 0.2) is 12.3 Å². The number of hydrogen-bond acceptors (Lipinski definition) is 6. The minimum atomic E-state index is -0.665. The third-order valence-electron chi connectivity index (χ3n) is 2.54. The van der Waals surface area contributed by atoms with E-state index in [-0.39, 0.29) is 18.2 Å². The first-order chi connectivity index (χ1) is 10.8. The zero-order valence-corrected chi connectivity index (χ0v) is 12.6. The minimum Gasteiger partial charge on any atom is -0.451 e. The number of nitrogens with one attached hydrogen (secondary N) is 1. The first-order valence-corrected chi connectivity index (χ1v) is 7.62. The summed E-state index contributed by atoms with van der Waals surface area (Å²) in [6.45, 7) is 0.173. The van der Waals surface area contributed by atoms with Gasteiger partial charge in [-0.3, -0.25) is 9.78 Å². The van der Waals surface area contributed by atoms with Gasteiger partial charge < -0.3 is 10.1 Å². The summed E-state index contributed by atoms with van der Waals surface area (Å²) in [7, 11) is 0. The Hall–Kier alpha value is -2.41. The molecule has 1 aromatic carbocycles. The van der Waals surface area contributed by atoms with Crippen molar-refractivity contribution in [2.45, 2.75) is 4.90 Å². The van der Waals surface area contributed by atoms with Gasteiger partial charge in [-0.1, -0.05) is 18.2 Å². The lowest BCUT2D eigenvalue weighted by molar-refractivity contribution is -0.124. The lowest BCUT2D eigenvalue weighted by Gasteiger charge is -2.06. The molecule has 1 N–H and O–H groups in total. The largest absolute Gasteiger partial charge is 0.451 e. The average Bonchev–Trinajstić information content (AvgIpc) is 2.58. The van der Waals surface area contributed by atoms with Crippen LogP contribution in [0.1, 0.15) is 10.5 Å². The molecule has 1 aromatic heterocycles. The first-order valence-electron chi connectivity index (χ1n) is 6.63. The molecule has 0 saturated heterocycles. The normalized spacial score (nSPS) is 10.0. The molecular weight excluding hydrogens is 302 g/mol. The van der Waals surface area contributed by atoms with Crippen molar-refractivity contribution in [1.29, 1.82) is 0 Å². The van der Waals surface area contributed by atoms with Crippen LogP contribution >= 0.6 is 11.8 Å². The fourth-order valence-corrected chi connectivity index (χ4v) is 2.33. The second kappa shape index (κ2) is 8.78. The number of amides is 1. The van der Waals surface area contributed by atoms with E-state index in [0.29, 0.717) is 6.54 Å². The predicted molar refractivity (Wildman–Crippen MR) is 82.5 cm³/mol. The van der Waals surface area contributed by atoms with Gasteiger partial charge in [0.1, 0.15) is 0 Å². The van der Waals surface area contributed by atoms with Crippen LogP contribution in [0.15, 0.2) is 53.8 Å². The van der Waals surface area contributed by atoms with E-state index in [9.17, 15) is 9.59 Å². The van der Waals surface area contributed by atoms with E-state index in [4.69, 9.17) is 4.74 Å². The molecule has 2 rings (SSSR count). The third-order valence-corrected chi connectivity index (χ3v) is 3.56. The third kappa shape index (κ3) is 5.53. The highest BCUT2D eigenvalue weighted by Gasteiger charge is 2.10. The number of aromatic nitrogens is 2. The molecule has 0 aliphatic rings. The number of hydrogen-bond donors (Lipinski definition) is 1. The number of carbonyl (C=O) groups is 2. The number of thioether (sulfide) groups is 1. The van der Waals surface area contributed by atoms with Gasteiger partial charge in [-0.2, -0.15) is 0 Å². The van der Waals surface area contributed by atoms with E-state index in [2.05, 4.69) is 15.3 Å². The molecule has 0 fully saturated rings. The van der Waals surface area contributed by atoms with E-state index >= 15 is 0 Å². The fraction of sp³-hybridized carbons (Fsp3) is 0.200. The number of benzene rings is 1. The molecule has 2 aromatic rings. The van der Waals surface area contributed by atoms with Gasteiger partial charge in [-0.05, 0) is 12.1 Å². The molecule has 22 heavy (non-hydrogen) atoms. The molecule has 114 valence electrons. The Morgan fingerprint density at radius 2 is 2.00 bits per heavy atom. The molecule has 6 nitrogen and oxygen atoms in total. The molecule has 0 atom stereocenters. The summed E-state index contributed by atoms with van der Waals surface area (Å²) in [4.78, 5) is 31.8. The van der Waals surface area contributed by atoms with Crippen molar-refractivity contribution in [2.75, 3.05) is 18.9 Å². The van der Waals surface area contributed by atoms with E-state index in [1.54, 1.807) is 11.8 Å². The Balaban J connectivity index is 1.61. The summed E-state index contributed by atoms with van der Waals surface area (Å²) in [6.07, 6.45) is 4.13. The fourth-order valence-electron chi connectivity index (χ4n) is 1.54. The quantitative estimate of drug-likeness (QED) is 0.474. The number of rotatable bonds is 7. The summed E-state index contributed by atoms with van der Waals surface area (Å²) in [6, 6.07) is 9.90. The number of esters is 1. The second-order valence-corrected chi connectivity index (χ2v) is 5.35. The molecule has 0 unspecified atom stereocenters. The lowest BCUT2D eigenvalue weighted by Crippen LogP contribution is -2.30. The van der Waals surface area contributed by atoms with Gasteiger partial charge in [0.25, 0.3) is 5.91 Å². The molecule has 0 bridgehead atoms. The van der Waals surface area contributed by atoms with Gasteiger partial charge in [-0.15, -0.1) is 11.8 Å². The van der Waals surface area contributed by atoms with Crippen LogP contribution in [0.4, 0.5) is 0 Å². The Morgan fingerprint density at radius 1 is 1.18 bits per heavy atom. The highest BCUT2D eigenvalue weighted by molar-refractivity contribution is 7.99. The van der Waals surface area contributed by atoms with Gasteiger partial charge >= 0.3 is 5.97 Å². The molecule has 1 amide bonds. The smallest absolute Gasteiger partial charge is 0.359 e. The van der Waals surface area contributed by atoms with Crippen molar-refractivity contribution in [3.8, 4) is 0 Å². The maximum atomic E-state index is 11.6. The SMILES string of the molecule is O=C(COC(=O)c1cnccn1)NCCSc1ccccc1. The van der Waals surface area contributed by atoms with E-state index in [1.807, 2.05) is 30.3 Å². The molecule has 1 heterocycles. The molecule has 0 aliphatic carbocycles. The van der Waals surface area contributed by atoms with Crippen molar-refractivity contribution >= 4 is 23.6 Å². The molecule has 0 aliphatic heterocycles. The molecule has 0 saturated carbocycles. The maximum Gasteiger partial charge on any atom is 0.359 e. The first kappa shape index (κ1) is 16.0. The topological polar surface area (TPSA) is 81.2 Å².